The van der Waals surface area contributed by atoms with Crippen molar-refractivity contribution in [2.75, 3.05) is 17.6 Å². The van der Waals surface area contributed by atoms with Crippen LogP contribution in [-0.4, -0.2) is 27.6 Å². The lowest BCUT2D eigenvalue weighted by molar-refractivity contribution is 0.0964. The zero-order chi connectivity index (χ0) is 26.5. The van der Waals surface area contributed by atoms with Gasteiger partial charge in [-0.1, -0.05) is 22.0 Å². The van der Waals surface area contributed by atoms with Gasteiger partial charge in [0.15, 0.2) is 0 Å². The van der Waals surface area contributed by atoms with Crippen LogP contribution in [0.2, 0.25) is 0 Å². The molecule has 0 aliphatic heterocycles. The number of nitrogens with one attached hydrogen (secondary N) is 1. The van der Waals surface area contributed by atoms with Crippen LogP contribution >= 0.6 is 15.9 Å². The summed E-state index contributed by atoms with van der Waals surface area (Å²) in [6.45, 7) is -0.211. The van der Waals surface area contributed by atoms with Gasteiger partial charge in [-0.3, -0.25) is 9.10 Å². The summed E-state index contributed by atoms with van der Waals surface area (Å²) in [5.74, 6) is -0.998. The Morgan fingerprint density at radius 3 is 2.41 bits per heavy atom. The molecule has 6 nitrogen and oxygen atoms in total. The van der Waals surface area contributed by atoms with Gasteiger partial charge in [0.2, 0.25) is 10.0 Å². The minimum Gasteiger partial charge on any atom is -0.455 e. The molecule has 0 spiro atoms. The van der Waals surface area contributed by atoms with E-state index in [1.165, 1.54) is 47.8 Å². The molecule has 3 aromatic carbocycles. The van der Waals surface area contributed by atoms with Crippen LogP contribution in [0.4, 0.5) is 14.5 Å². The molecule has 5 rings (SSSR count). The molecule has 1 aliphatic rings. The molecule has 0 unspecified atom stereocenters. The Labute approximate surface area is 221 Å². The van der Waals surface area contributed by atoms with Crippen LogP contribution in [0, 0.1) is 11.6 Å². The summed E-state index contributed by atoms with van der Waals surface area (Å²) < 4.78 is 62.1. The number of furan rings is 1. The number of benzene rings is 3. The molecule has 1 saturated carbocycles. The predicted octanol–water partition coefficient (Wildman–Crippen LogP) is 6.34. The topological polar surface area (TPSA) is 79.6 Å². The number of halogens is 3. The van der Waals surface area contributed by atoms with E-state index in [0.717, 1.165) is 24.7 Å². The number of nitrogens with zero attached hydrogens (tertiary/aromatic N) is 1. The van der Waals surface area contributed by atoms with Gasteiger partial charge in [0.25, 0.3) is 5.91 Å². The summed E-state index contributed by atoms with van der Waals surface area (Å²) in [5.41, 5.74) is 2.41. The van der Waals surface area contributed by atoms with Gasteiger partial charge in [0.05, 0.1) is 24.1 Å². The minimum atomic E-state index is -3.83. The molecule has 37 heavy (non-hydrogen) atoms. The van der Waals surface area contributed by atoms with Crippen molar-refractivity contribution in [3.63, 3.8) is 0 Å². The van der Waals surface area contributed by atoms with E-state index in [1.807, 2.05) is 0 Å². The van der Waals surface area contributed by atoms with E-state index in [2.05, 4.69) is 21.2 Å². The molecule has 0 radical (unpaired) electrons. The molecule has 10 heteroatoms. The van der Waals surface area contributed by atoms with Crippen LogP contribution in [0.3, 0.4) is 0 Å². The fourth-order valence-electron chi connectivity index (χ4n) is 4.43. The van der Waals surface area contributed by atoms with Crippen molar-refractivity contribution in [1.29, 1.82) is 0 Å². The first-order valence-electron chi connectivity index (χ1n) is 11.6. The van der Waals surface area contributed by atoms with Gasteiger partial charge in [0.1, 0.15) is 23.0 Å². The Bertz CT molecular complexity index is 1630. The fraction of sp³-hybridized carbons (Fsp3) is 0.222. The van der Waals surface area contributed by atoms with Crippen molar-refractivity contribution < 1.29 is 26.4 Å². The highest BCUT2D eigenvalue weighted by Crippen LogP contribution is 2.48. The van der Waals surface area contributed by atoms with Crippen molar-refractivity contribution in [3.05, 3.63) is 87.4 Å². The van der Waals surface area contributed by atoms with Crippen molar-refractivity contribution in [2.45, 2.75) is 25.3 Å². The number of amides is 1. The lowest BCUT2D eigenvalue weighted by atomic mass is 10.00. The van der Waals surface area contributed by atoms with Gasteiger partial charge < -0.3 is 9.73 Å². The molecule has 192 valence electrons. The Kier molecular flexibility index (Phi) is 6.57. The third-order valence-electron chi connectivity index (χ3n) is 6.41. The summed E-state index contributed by atoms with van der Waals surface area (Å²) >= 11 is 3.23. The number of carbonyl (C=O) groups excluding carboxylic acids is 1. The molecule has 1 amide bonds. The maximum atomic E-state index is 14.7. The Balaban J connectivity index is 1.73. The van der Waals surface area contributed by atoms with Gasteiger partial charge in [-0.2, -0.15) is 0 Å². The lowest BCUT2D eigenvalue weighted by Gasteiger charge is -2.25. The maximum absolute atomic E-state index is 14.7. The number of rotatable bonds is 7. The highest BCUT2D eigenvalue weighted by molar-refractivity contribution is 9.10. The van der Waals surface area contributed by atoms with Crippen molar-refractivity contribution in [2.24, 2.45) is 0 Å². The number of fused-ring (bicyclic) bond motifs is 1. The predicted molar refractivity (Wildman–Crippen MR) is 142 cm³/mol. The quantitative estimate of drug-likeness (QED) is 0.273. The fourth-order valence-corrected chi connectivity index (χ4v) is 5.65. The second-order valence-electron chi connectivity index (χ2n) is 9.08. The highest BCUT2D eigenvalue weighted by Gasteiger charge is 2.33. The number of anilines is 1. The molecule has 1 aromatic heterocycles. The molecule has 1 heterocycles. The summed E-state index contributed by atoms with van der Waals surface area (Å²) in [6, 6.07) is 13.4. The summed E-state index contributed by atoms with van der Waals surface area (Å²) in [4.78, 5) is 12.9. The van der Waals surface area contributed by atoms with E-state index in [-0.39, 0.29) is 35.3 Å². The Morgan fingerprint density at radius 2 is 1.81 bits per heavy atom. The molecule has 1 aliphatic carbocycles. The third kappa shape index (κ3) is 5.00. The second-order valence-corrected chi connectivity index (χ2v) is 11.9. The van der Waals surface area contributed by atoms with E-state index in [9.17, 15) is 22.0 Å². The van der Waals surface area contributed by atoms with Gasteiger partial charge in [-0.05, 0) is 66.8 Å². The third-order valence-corrected chi connectivity index (χ3v) is 8.03. The van der Waals surface area contributed by atoms with E-state index in [4.69, 9.17) is 4.42 Å². The normalized spacial score (nSPS) is 13.6. The molecule has 1 N–H and O–H groups in total. The average molecular weight is 589 g/mol. The molecule has 0 bridgehead atoms. The van der Waals surface area contributed by atoms with Crippen molar-refractivity contribution in [3.8, 4) is 11.3 Å². The van der Waals surface area contributed by atoms with E-state index < -0.39 is 21.7 Å². The first kappa shape index (κ1) is 25.4. The minimum absolute atomic E-state index is 0.0973. The lowest BCUT2D eigenvalue weighted by Crippen LogP contribution is -2.30. The largest absolute Gasteiger partial charge is 0.455 e. The van der Waals surface area contributed by atoms with Crippen LogP contribution in [0.25, 0.3) is 22.3 Å². The molecular formula is C27H23BrF2N2O4S. The second kappa shape index (κ2) is 9.57. The maximum Gasteiger partial charge on any atom is 0.255 e. The monoisotopic (exact) mass is 588 g/mol. The highest BCUT2D eigenvalue weighted by atomic mass is 79.9. The van der Waals surface area contributed by atoms with Gasteiger partial charge in [-0.25, -0.2) is 17.2 Å². The summed E-state index contributed by atoms with van der Waals surface area (Å²) in [5, 5.41) is 3.15. The standard InChI is InChI=1S/C27H23BrF2N2O4S/c1-31-27(33)25-21-12-20(15-3-4-15)23(13-24(21)36-26(25)16-6-9-19(29)10-7-16)32(37(2,34)35)14-17-5-8-18(28)11-22(17)30/h5-13,15H,3-4,14H2,1-2H3,(H,31,33). The summed E-state index contributed by atoms with van der Waals surface area (Å²) in [7, 11) is -2.32. The van der Waals surface area contributed by atoms with Crippen LogP contribution in [0.15, 0.2) is 63.5 Å². The van der Waals surface area contributed by atoms with Crippen molar-refractivity contribution >= 4 is 48.5 Å². The SMILES string of the molecule is CNC(=O)c1c(-c2ccc(F)cc2)oc2cc(N(Cc3ccc(Br)cc3F)S(C)(=O)=O)c(C3CC3)cc12. The average Bonchev–Trinajstić information content (AvgIpc) is 3.62. The van der Waals surface area contributed by atoms with Crippen LogP contribution in [0.1, 0.15) is 40.2 Å². The van der Waals surface area contributed by atoms with Gasteiger partial charge >= 0.3 is 0 Å². The zero-order valence-electron chi connectivity index (χ0n) is 20.0. The smallest absolute Gasteiger partial charge is 0.255 e. The van der Waals surface area contributed by atoms with Crippen molar-refractivity contribution in [1.82, 2.24) is 5.32 Å². The van der Waals surface area contributed by atoms with Crippen LogP contribution in [-0.2, 0) is 16.6 Å². The van der Waals surface area contributed by atoms with E-state index >= 15 is 0 Å². The Morgan fingerprint density at radius 1 is 1.11 bits per heavy atom. The number of sulfonamides is 1. The molecule has 1 fully saturated rings. The first-order valence-corrected chi connectivity index (χ1v) is 14.2. The molecular weight excluding hydrogens is 566 g/mol. The van der Waals surface area contributed by atoms with Crippen LogP contribution < -0.4 is 9.62 Å². The molecule has 4 aromatic rings. The van der Waals surface area contributed by atoms with E-state index in [0.29, 0.717) is 26.7 Å². The Hall–Kier alpha value is -3.24. The van der Waals surface area contributed by atoms with Crippen LogP contribution in [0.5, 0.6) is 0 Å². The number of hydrogen-bond donors (Lipinski definition) is 1. The number of hydrogen-bond acceptors (Lipinski definition) is 4. The van der Waals surface area contributed by atoms with Gasteiger partial charge in [0, 0.05) is 34.1 Å². The first-order chi connectivity index (χ1) is 17.6. The zero-order valence-corrected chi connectivity index (χ0v) is 22.4. The molecule has 0 saturated heterocycles. The molecule has 0 atom stereocenters. The summed E-state index contributed by atoms with van der Waals surface area (Å²) in [6.07, 6.45) is 2.80. The number of carbonyl (C=O) groups is 1. The van der Waals surface area contributed by atoms with E-state index in [1.54, 1.807) is 18.2 Å². The van der Waals surface area contributed by atoms with Gasteiger partial charge in [-0.15, -0.1) is 0 Å².